The highest BCUT2D eigenvalue weighted by atomic mass is 79.9. The molecule has 0 fully saturated rings. The Morgan fingerprint density at radius 3 is 2.75 bits per heavy atom. The Morgan fingerprint density at radius 2 is 2.25 bits per heavy atom. The van der Waals surface area contributed by atoms with Crippen molar-refractivity contribution >= 4 is 21.7 Å². The molecule has 0 saturated carbocycles. The van der Waals surface area contributed by atoms with Crippen molar-refractivity contribution in [1.82, 2.24) is 0 Å². The van der Waals surface area contributed by atoms with Crippen LogP contribution in [0.4, 0.5) is 4.39 Å². The molecule has 0 amide bonds. The summed E-state index contributed by atoms with van der Waals surface area (Å²) in [5.74, 6) is -0.225. The average Bonchev–Trinajstić information content (AvgIpc) is 1.94. The lowest BCUT2D eigenvalue weighted by Gasteiger charge is -2.00. The number of benzene rings is 1. The third-order valence-electron chi connectivity index (χ3n) is 1.45. The molecule has 0 heterocycles. The molecule has 3 heteroatoms. The number of halogens is 2. The number of carbonyl (C=O) groups excluding carboxylic acids is 1. The predicted molar refractivity (Wildman–Crippen MR) is 48.5 cm³/mol. The van der Waals surface area contributed by atoms with E-state index in [-0.39, 0.29) is 11.6 Å². The summed E-state index contributed by atoms with van der Waals surface area (Å²) in [6, 6.07) is 4.32. The maximum atomic E-state index is 12.6. The molecule has 1 nitrogen and oxygen atoms in total. The van der Waals surface area contributed by atoms with Gasteiger partial charge >= 0.3 is 0 Å². The van der Waals surface area contributed by atoms with E-state index in [9.17, 15) is 9.18 Å². The smallest absolute Gasteiger partial charge is 0.134 e. The van der Waals surface area contributed by atoms with Gasteiger partial charge in [-0.1, -0.05) is 22.0 Å². The molecule has 1 rings (SSSR count). The molecule has 0 aliphatic carbocycles. The first-order chi connectivity index (χ1) is 5.59. The Hall–Kier alpha value is -0.700. The minimum Gasteiger partial charge on any atom is -0.300 e. The Bertz CT molecular complexity index is 309. The second kappa shape index (κ2) is 3.81. The molecule has 0 aromatic heterocycles. The fraction of sp³-hybridized carbons (Fsp3) is 0.222. The van der Waals surface area contributed by atoms with E-state index >= 15 is 0 Å². The summed E-state index contributed by atoms with van der Waals surface area (Å²) in [6.07, 6.45) is 0.348. The molecule has 0 spiro atoms. The minimum atomic E-state index is -0.297. The Kier molecular flexibility index (Phi) is 2.98. The van der Waals surface area contributed by atoms with Crippen LogP contribution >= 0.6 is 15.9 Å². The van der Waals surface area contributed by atoms with Gasteiger partial charge in [0.25, 0.3) is 0 Å². The first kappa shape index (κ1) is 9.39. The minimum absolute atomic E-state index is 0.0716. The highest BCUT2D eigenvalue weighted by Gasteiger charge is 2.03. The van der Waals surface area contributed by atoms with Crippen LogP contribution in [0.3, 0.4) is 0 Å². The van der Waals surface area contributed by atoms with Crippen molar-refractivity contribution in [1.29, 1.82) is 0 Å². The van der Waals surface area contributed by atoms with Crippen molar-refractivity contribution in [3.8, 4) is 0 Å². The van der Waals surface area contributed by atoms with Crippen LogP contribution < -0.4 is 0 Å². The molecule has 0 bridgehead atoms. The first-order valence-electron chi connectivity index (χ1n) is 3.53. The summed E-state index contributed by atoms with van der Waals surface area (Å²) < 4.78 is 13.2. The lowest BCUT2D eigenvalue weighted by atomic mass is 10.1. The Labute approximate surface area is 78.7 Å². The SMILES string of the molecule is CC(=O)Cc1ccc(F)cc1Br. The second-order valence-electron chi connectivity index (χ2n) is 2.61. The molecule has 0 saturated heterocycles. The predicted octanol–water partition coefficient (Wildman–Crippen LogP) is 2.72. The molecule has 0 unspecified atom stereocenters. The summed E-state index contributed by atoms with van der Waals surface area (Å²) in [5, 5.41) is 0. The molecule has 1 aromatic rings. The Morgan fingerprint density at radius 1 is 1.58 bits per heavy atom. The van der Waals surface area contributed by atoms with Crippen LogP contribution in [0.15, 0.2) is 22.7 Å². The third kappa shape index (κ3) is 2.41. The largest absolute Gasteiger partial charge is 0.300 e. The van der Waals surface area contributed by atoms with E-state index in [1.165, 1.54) is 19.1 Å². The third-order valence-corrected chi connectivity index (χ3v) is 2.19. The van der Waals surface area contributed by atoms with Gasteiger partial charge in [-0.25, -0.2) is 4.39 Å². The molecule has 0 aliphatic heterocycles. The van der Waals surface area contributed by atoms with Crippen LogP contribution in [0.5, 0.6) is 0 Å². The van der Waals surface area contributed by atoms with Crippen LogP contribution in [0, 0.1) is 5.82 Å². The van der Waals surface area contributed by atoms with E-state index in [1.54, 1.807) is 6.07 Å². The van der Waals surface area contributed by atoms with Crippen LogP contribution in [0.1, 0.15) is 12.5 Å². The van der Waals surface area contributed by atoms with Gasteiger partial charge < -0.3 is 0 Å². The summed E-state index contributed by atoms with van der Waals surface area (Å²) in [5.41, 5.74) is 0.823. The summed E-state index contributed by atoms with van der Waals surface area (Å²) in [4.78, 5) is 10.7. The van der Waals surface area contributed by atoms with Gasteiger partial charge in [0.2, 0.25) is 0 Å². The number of hydrogen-bond acceptors (Lipinski definition) is 1. The maximum Gasteiger partial charge on any atom is 0.134 e. The standard InChI is InChI=1S/C9H8BrFO/c1-6(12)4-7-2-3-8(11)5-9(7)10/h2-3,5H,4H2,1H3. The first-order valence-corrected chi connectivity index (χ1v) is 4.32. The number of Topliss-reactive ketones (excluding diaryl/α,β-unsaturated/α-hetero) is 1. The molecule has 1 aromatic carbocycles. The van der Waals surface area contributed by atoms with Crippen LogP contribution in [-0.4, -0.2) is 5.78 Å². The second-order valence-corrected chi connectivity index (χ2v) is 3.47. The summed E-state index contributed by atoms with van der Waals surface area (Å²) in [6.45, 7) is 1.51. The van der Waals surface area contributed by atoms with E-state index < -0.39 is 0 Å². The van der Waals surface area contributed by atoms with Crippen molar-refractivity contribution < 1.29 is 9.18 Å². The maximum absolute atomic E-state index is 12.6. The Balaban J connectivity index is 2.93. The van der Waals surface area contributed by atoms with Gasteiger partial charge in [-0.3, -0.25) is 4.79 Å². The van der Waals surface area contributed by atoms with Gasteiger partial charge in [0.1, 0.15) is 11.6 Å². The number of carbonyl (C=O) groups is 1. The lowest BCUT2D eigenvalue weighted by Crippen LogP contribution is -1.97. The van der Waals surface area contributed by atoms with Gasteiger partial charge in [-0.15, -0.1) is 0 Å². The zero-order valence-electron chi connectivity index (χ0n) is 6.60. The van der Waals surface area contributed by atoms with Crippen molar-refractivity contribution in [2.45, 2.75) is 13.3 Å². The van der Waals surface area contributed by atoms with Crippen LogP contribution in [0.25, 0.3) is 0 Å². The molecule has 0 radical (unpaired) electrons. The molecule has 12 heavy (non-hydrogen) atoms. The molecule has 0 N–H and O–H groups in total. The normalized spacial score (nSPS) is 9.92. The summed E-state index contributed by atoms with van der Waals surface area (Å²) in [7, 11) is 0. The number of hydrogen-bond donors (Lipinski definition) is 0. The number of ketones is 1. The monoisotopic (exact) mass is 230 g/mol. The molecular formula is C9H8BrFO. The zero-order chi connectivity index (χ0) is 9.14. The average molecular weight is 231 g/mol. The van der Waals surface area contributed by atoms with Crippen molar-refractivity contribution in [3.63, 3.8) is 0 Å². The molecule has 64 valence electrons. The van der Waals surface area contributed by atoms with Gasteiger partial charge in [-0.05, 0) is 24.6 Å². The van der Waals surface area contributed by atoms with Crippen molar-refractivity contribution in [2.75, 3.05) is 0 Å². The van der Waals surface area contributed by atoms with Gasteiger partial charge in [0.15, 0.2) is 0 Å². The highest BCUT2D eigenvalue weighted by molar-refractivity contribution is 9.10. The molecular weight excluding hydrogens is 223 g/mol. The van der Waals surface area contributed by atoms with Crippen LogP contribution in [-0.2, 0) is 11.2 Å². The highest BCUT2D eigenvalue weighted by Crippen LogP contribution is 2.18. The topological polar surface area (TPSA) is 17.1 Å². The number of rotatable bonds is 2. The fourth-order valence-electron chi connectivity index (χ4n) is 0.933. The van der Waals surface area contributed by atoms with Crippen LogP contribution in [0.2, 0.25) is 0 Å². The molecule has 0 aliphatic rings. The van der Waals surface area contributed by atoms with E-state index in [0.717, 1.165) is 5.56 Å². The zero-order valence-corrected chi connectivity index (χ0v) is 8.19. The van der Waals surface area contributed by atoms with Gasteiger partial charge in [-0.2, -0.15) is 0 Å². The van der Waals surface area contributed by atoms with E-state index in [1.807, 2.05) is 0 Å². The lowest BCUT2D eigenvalue weighted by molar-refractivity contribution is -0.116. The summed E-state index contributed by atoms with van der Waals surface area (Å²) >= 11 is 3.18. The van der Waals surface area contributed by atoms with Gasteiger partial charge in [0.05, 0.1) is 0 Å². The van der Waals surface area contributed by atoms with E-state index in [4.69, 9.17) is 0 Å². The quantitative estimate of drug-likeness (QED) is 0.764. The van der Waals surface area contributed by atoms with E-state index in [0.29, 0.717) is 10.9 Å². The van der Waals surface area contributed by atoms with E-state index in [2.05, 4.69) is 15.9 Å². The molecule has 0 atom stereocenters. The van der Waals surface area contributed by atoms with Crippen molar-refractivity contribution in [3.05, 3.63) is 34.1 Å². The van der Waals surface area contributed by atoms with Crippen molar-refractivity contribution in [2.24, 2.45) is 0 Å². The van der Waals surface area contributed by atoms with Gasteiger partial charge in [0, 0.05) is 10.9 Å². The fourth-order valence-corrected chi connectivity index (χ4v) is 1.42.